The van der Waals surface area contributed by atoms with Gasteiger partial charge in [-0.2, -0.15) is 0 Å². The molecule has 27 heavy (non-hydrogen) atoms. The third-order valence-corrected chi connectivity index (χ3v) is 4.42. The fourth-order valence-corrected chi connectivity index (χ4v) is 2.85. The zero-order chi connectivity index (χ0) is 19.2. The monoisotopic (exact) mass is 423 g/mol. The molecule has 0 radical (unpaired) electrons. The Morgan fingerprint density at radius 2 is 1.63 bits per heavy atom. The van der Waals surface area contributed by atoms with Crippen molar-refractivity contribution in [1.29, 1.82) is 0 Å². The number of rotatable bonds is 4. The van der Waals surface area contributed by atoms with Crippen molar-refractivity contribution < 1.29 is 9.59 Å². The van der Waals surface area contributed by atoms with Crippen molar-refractivity contribution in [2.75, 3.05) is 0 Å². The molecule has 2 N–H and O–H groups in total. The first-order valence-corrected chi connectivity index (χ1v) is 9.18. The summed E-state index contributed by atoms with van der Waals surface area (Å²) in [5.74, 6) is -0.706. The number of aliphatic imine (C=N–C) groups is 1. The van der Waals surface area contributed by atoms with Gasteiger partial charge >= 0.3 is 0 Å². The first-order valence-electron chi connectivity index (χ1n) is 8.39. The predicted octanol–water partition coefficient (Wildman–Crippen LogP) is 4.55. The smallest absolute Gasteiger partial charge is 0.269 e. The maximum absolute atomic E-state index is 12.0. The lowest BCUT2D eigenvalue weighted by molar-refractivity contribution is -0.120. The Balaban J connectivity index is 1.56. The third-order valence-electron chi connectivity index (χ3n) is 3.89. The van der Waals surface area contributed by atoms with E-state index in [-0.39, 0.29) is 18.2 Å². The highest BCUT2D eigenvalue weighted by Crippen LogP contribution is 2.21. The van der Waals surface area contributed by atoms with E-state index in [2.05, 4.69) is 31.8 Å². The van der Waals surface area contributed by atoms with Gasteiger partial charge in [0.05, 0.1) is 12.1 Å². The SMILES string of the molecule is CC(CC(=O)NNC(=O)c1ccc(Br)cc1)=Nc1ccc2ccccc2c1. The summed E-state index contributed by atoms with van der Waals surface area (Å²) in [6, 6.07) is 20.8. The fraction of sp³-hybridized carbons (Fsp3) is 0.0952. The number of amides is 2. The second-order valence-corrected chi connectivity index (χ2v) is 6.98. The molecule has 0 bridgehead atoms. The molecule has 0 unspecified atom stereocenters. The van der Waals surface area contributed by atoms with E-state index < -0.39 is 0 Å². The number of carbonyl (C=O) groups is 2. The average molecular weight is 424 g/mol. The first-order chi connectivity index (χ1) is 13.0. The van der Waals surface area contributed by atoms with Crippen molar-refractivity contribution in [1.82, 2.24) is 10.9 Å². The van der Waals surface area contributed by atoms with Gasteiger partial charge in [-0.05, 0) is 54.1 Å². The van der Waals surface area contributed by atoms with Gasteiger partial charge in [0.15, 0.2) is 0 Å². The summed E-state index contributed by atoms with van der Waals surface area (Å²) in [4.78, 5) is 28.5. The Kier molecular flexibility index (Phi) is 5.98. The molecular weight excluding hydrogens is 406 g/mol. The van der Waals surface area contributed by atoms with E-state index >= 15 is 0 Å². The van der Waals surface area contributed by atoms with Crippen LogP contribution in [0, 0.1) is 0 Å². The third kappa shape index (κ3) is 5.24. The van der Waals surface area contributed by atoms with Gasteiger partial charge in [-0.1, -0.05) is 46.3 Å². The summed E-state index contributed by atoms with van der Waals surface area (Å²) in [5, 5.41) is 2.24. The number of carbonyl (C=O) groups excluding carboxylic acids is 2. The normalized spacial score (nSPS) is 11.3. The second-order valence-electron chi connectivity index (χ2n) is 6.06. The summed E-state index contributed by atoms with van der Waals surface area (Å²) in [7, 11) is 0. The lowest BCUT2D eigenvalue weighted by Gasteiger charge is -2.07. The summed E-state index contributed by atoms with van der Waals surface area (Å²) < 4.78 is 0.878. The number of fused-ring (bicyclic) bond motifs is 1. The zero-order valence-corrected chi connectivity index (χ0v) is 16.3. The van der Waals surface area contributed by atoms with Gasteiger partial charge < -0.3 is 0 Å². The minimum absolute atomic E-state index is 0.0907. The van der Waals surface area contributed by atoms with E-state index in [4.69, 9.17) is 0 Å². The van der Waals surface area contributed by atoms with Gasteiger partial charge in [0.25, 0.3) is 5.91 Å². The van der Waals surface area contributed by atoms with E-state index in [9.17, 15) is 9.59 Å². The maximum atomic E-state index is 12.0. The molecular formula is C21H18BrN3O2. The zero-order valence-electron chi connectivity index (χ0n) is 14.7. The number of halogens is 1. The van der Waals surface area contributed by atoms with Crippen LogP contribution in [0.5, 0.6) is 0 Å². The van der Waals surface area contributed by atoms with Crippen molar-refractivity contribution in [3.8, 4) is 0 Å². The molecule has 0 aromatic heterocycles. The molecule has 0 atom stereocenters. The van der Waals surface area contributed by atoms with Crippen LogP contribution in [0.4, 0.5) is 5.69 Å². The van der Waals surface area contributed by atoms with Gasteiger partial charge in [0, 0.05) is 15.7 Å². The van der Waals surface area contributed by atoms with Crippen molar-refractivity contribution in [2.45, 2.75) is 13.3 Å². The molecule has 0 saturated carbocycles. The van der Waals surface area contributed by atoms with E-state index in [1.807, 2.05) is 42.5 Å². The van der Waals surface area contributed by atoms with E-state index in [1.54, 1.807) is 31.2 Å². The van der Waals surface area contributed by atoms with Crippen molar-refractivity contribution in [3.05, 3.63) is 76.8 Å². The number of hydrogen-bond acceptors (Lipinski definition) is 3. The number of hydrazine groups is 1. The number of nitrogens with zero attached hydrogens (tertiary/aromatic N) is 1. The van der Waals surface area contributed by atoms with E-state index in [1.165, 1.54) is 0 Å². The Bertz CT molecular complexity index is 1010. The Morgan fingerprint density at radius 3 is 2.37 bits per heavy atom. The largest absolute Gasteiger partial charge is 0.273 e. The number of hydrogen-bond donors (Lipinski definition) is 2. The first kappa shape index (κ1) is 18.8. The van der Waals surface area contributed by atoms with Crippen molar-refractivity contribution in [3.63, 3.8) is 0 Å². The Hall–Kier alpha value is -2.99. The van der Waals surface area contributed by atoms with E-state index in [0.717, 1.165) is 20.9 Å². The molecule has 2 amide bonds. The molecule has 0 aliphatic heterocycles. The molecule has 0 aliphatic rings. The molecule has 6 heteroatoms. The van der Waals surface area contributed by atoms with Crippen molar-refractivity contribution >= 4 is 49.9 Å². The quantitative estimate of drug-likeness (QED) is 0.477. The van der Waals surface area contributed by atoms with Crippen LogP contribution in [0.15, 0.2) is 76.2 Å². The summed E-state index contributed by atoms with van der Waals surface area (Å²) >= 11 is 3.31. The van der Waals surface area contributed by atoms with Crippen LogP contribution in [0.2, 0.25) is 0 Å². The Labute approximate surface area is 165 Å². The molecule has 0 saturated heterocycles. The molecule has 3 rings (SSSR count). The Morgan fingerprint density at radius 1 is 0.926 bits per heavy atom. The summed E-state index contributed by atoms with van der Waals surface area (Å²) in [6.07, 6.45) is 0.0907. The van der Waals surface area contributed by atoms with Crippen LogP contribution in [0.3, 0.4) is 0 Å². The molecule has 3 aromatic rings. The number of nitrogens with one attached hydrogen (secondary N) is 2. The molecule has 5 nitrogen and oxygen atoms in total. The molecule has 0 heterocycles. The highest BCUT2D eigenvalue weighted by molar-refractivity contribution is 9.10. The molecule has 3 aromatic carbocycles. The van der Waals surface area contributed by atoms with Gasteiger partial charge in [0.2, 0.25) is 5.91 Å². The second kappa shape index (κ2) is 8.60. The minimum Gasteiger partial charge on any atom is -0.273 e. The predicted molar refractivity (Wildman–Crippen MR) is 111 cm³/mol. The van der Waals surface area contributed by atoms with Gasteiger partial charge in [-0.3, -0.25) is 25.4 Å². The van der Waals surface area contributed by atoms with Crippen molar-refractivity contribution in [2.24, 2.45) is 4.99 Å². The lowest BCUT2D eigenvalue weighted by atomic mass is 10.1. The fourth-order valence-electron chi connectivity index (χ4n) is 2.58. The highest BCUT2D eigenvalue weighted by atomic mass is 79.9. The van der Waals surface area contributed by atoms with Gasteiger partial charge in [0.1, 0.15) is 0 Å². The van der Waals surface area contributed by atoms with Crippen LogP contribution in [-0.4, -0.2) is 17.5 Å². The molecule has 0 spiro atoms. The standard InChI is InChI=1S/C21H18BrN3O2/c1-14(23-19-11-8-15-4-2-3-5-17(15)13-19)12-20(26)24-25-21(27)16-6-9-18(22)10-7-16/h2-11,13H,12H2,1H3,(H,24,26)(H,25,27). The lowest BCUT2D eigenvalue weighted by Crippen LogP contribution is -2.42. The van der Waals surface area contributed by atoms with Crippen LogP contribution in [0.1, 0.15) is 23.7 Å². The minimum atomic E-state index is -0.375. The van der Waals surface area contributed by atoms with Crippen LogP contribution in [-0.2, 0) is 4.79 Å². The van der Waals surface area contributed by atoms with Gasteiger partial charge in [-0.15, -0.1) is 0 Å². The molecule has 0 fully saturated rings. The summed E-state index contributed by atoms with van der Waals surface area (Å²) in [5.41, 5.74) is 6.72. The average Bonchev–Trinajstić information content (AvgIpc) is 2.66. The highest BCUT2D eigenvalue weighted by Gasteiger charge is 2.08. The summed E-state index contributed by atoms with van der Waals surface area (Å²) in [6.45, 7) is 1.78. The van der Waals surface area contributed by atoms with E-state index in [0.29, 0.717) is 11.3 Å². The topological polar surface area (TPSA) is 70.6 Å². The number of benzene rings is 3. The van der Waals surface area contributed by atoms with Crippen LogP contribution >= 0.6 is 15.9 Å². The maximum Gasteiger partial charge on any atom is 0.269 e. The van der Waals surface area contributed by atoms with Crippen LogP contribution in [0.25, 0.3) is 10.8 Å². The van der Waals surface area contributed by atoms with Crippen LogP contribution < -0.4 is 10.9 Å². The van der Waals surface area contributed by atoms with Gasteiger partial charge in [-0.25, -0.2) is 0 Å². The molecule has 0 aliphatic carbocycles. The molecule has 136 valence electrons.